The number of carbonyl (C=O) groups excluding carboxylic acids is 6. The third-order valence-corrected chi connectivity index (χ3v) is 9.92. The van der Waals surface area contributed by atoms with E-state index in [0.29, 0.717) is 17.4 Å². The van der Waals surface area contributed by atoms with Gasteiger partial charge in [0.1, 0.15) is 24.1 Å². The van der Waals surface area contributed by atoms with Gasteiger partial charge < -0.3 is 24.9 Å². The van der Waals surface area contributed by atoms with Crippen LogP contribution in [0.2, 0.25) is 0 Å². The molecule has 2 rings (SSSR count). The van der Waals surface area contributed by atoms with Crippen LogP contribution in [0.25, 0.3) is 11.1 Å². The number of pyridine rings is 1. The first-order valence-corrected chi connectivity index (χ1v) is 18.3. The number of thiol groups is 3. The number of amides is 2. The van der Waals surface area contributed by atoms with E-state index >= 15 is 0 Å². The zero-order chi connectivity index (χ0) is 34.1. The monoisotopic (exact) mass is 747 g/mol. The van der Waals surface area contributed by atoms with Crippen molar-refractivity contribution < 1.29 is 38.2 Å². The summed E-state index contributed by atoms with van der Waals surface area (Å²) < 4.78 is 15.4. The fourth-order valence-electron chi connectivity index (χ4n) is 3.41. The number of benzene rings is 1. The molecule has 4 N–H and O–H groups in total. The lowest BCUT2D eigenvalue weighted by Gasteiger charge is -2.19. The Morgan fingerprint density at radius 2 is 1.52 bits per heavy atom. The smallest absolute Gasteiger partial charge is 0.329 e. The number of aldehydes is 1. The summed E-state index contributed by atoms with van der Waals surface area (Å²) in [5.74, 6) is -2.23. The first-order valence-electron chi connectivity index (χ1n) is 13.2. The quantitative estimate of drug-likeness (QED) is 0.0260. The largest absolute Gasteiger partial charge is 0.467 e. The summed E-state index contributed by atoms with van der Waals surface area (Å²) in [5, 5.41) is 4.79. The summed E-state index contributed by atoms with van der Waals surface area (Å²) in [4.78, 5) is 78.3. The van der Waals surface area contributed by atoms with Crippen LogP contribution in [0.15, 0.2) is 42.6 Å². The highest BCUT2D eigenvalue weighted by atomic mass is 33.1. The Morgan fingerprint density at radius 3 is 2.09 bits per heavy atom. The van der Waals surface area contributed by atoms with Crippen molar-refractivity contribution >= 4 is 107 Å². The number of nitrogens with zero attached hydrogens (tertiary/aromatic N) is 1. The van der Waals surface area contributed by atoms with E-state index in [0.717, 1.165) is 22.9 Å². The van der Waals surface area contributed by atoms with Crippen molar-refractivity contribution in [3.63, 3.8) is 0 Å². The second-order valence-corrected chi connectivity index (χ2v) is 13.2. The Bertz CT molecular complexity index is 1360. The average molecular weight is 748 g/mol. The molecular weight excluding hydrogens is 715 g/mol. The summed E-state index contributed by atoms with van der Waals surface area (Å²) in [5.41, 5.74) is 0.883. The van der Waals surface area contributed by atoms with Gasteiger partial charge in [0.05, 0.1) is 31.9 Å². The van der Waals surface area contributed by atoms with Crippen LogP contribution in [0.4, 0.5) is 0 Å². The molecule has 19 heteroatoms. The number of hydrogen-bond donors (Lipinski definition) is 7. The molecule has 1 aromatic heterocycles. The minimum absolute atomic E-state index is 0.00349. The third kappa shape index (κ3) is 12.7. The molecule has 0 bridgehead atoms. The van der Waals surface area contributed by atoms with Crippen LogP contribution in [0.3, 0.4) is 0 Å². The van der Waals surface area contributed by atoms with E-state index in [9.17, 15) is 28.8 Å². The lowest BCUT2D eigenvalue weighted by atomic mass is 9.99. The van der Waals surface area contributed by atoms with Gasteiger partial charge in [-0.15, -0.1) is 12.6 Å². The number of ether oxygens (including phenoxy) is 2. The Hall–Kier alpha value is -2.39. The van der Waals surface area contributed by atoms with E-state index in [1.807, 2.05) is 0 Å². The van der Waals surface area contributed by atoms with Crippen LogP contribution < -0.4 is 20.1 Å². The van der Waals surface area contributed by atoms with Crippen molar-refractivity contribution in [3.8, 4) is 11.1 Å². The van der Waals surface area contributed by atoms with Crippen molar-refractivity contribution in [2.24, 2.45) is 0 Å². The number of methoxy groups -OCH3 is 2. The van der Waals surface area contributed by atoms with Gasteiger partial charge in [0.25, 0.3) is 11.8 Å². The van der Waals surface area contributed by atoms with E-state index in [1.54, 1.807) is 30.3 Å². The van der Waals surface area contributed by atoms with Gasteiger partial charge in [-0.05, 0) is 28.2 Å². The number of rotatable bonds is 20. The summed E-state index contributed by atoms with van der Waals surface area (Å²) in [6, 6.07) is 6.79. The number of nitrogens with one attached hydrogen (secondary N) is 4. The molecule has 1 aromatic carbocycles. The van der Waals surface area contributed by atoms with E-state index in [2.05, 4.69) is 62.9 Å². The average Bonchev–Trinajstić information content (AvgIpc) is 3.08. The van der Waals surface area contributed by atoms with Gasteiger partial charge in [0, 0.05) is 29.2 Å². The molecule has 2 unspecified atom stereocenters. The first kappa shape index (κ1) is 39.8. The molecule has 2 aromatic rings. The van der Waals surface area contributed by atoms with Gasteiger partial charge in [0.15, 0.2) is 0 Å². The van der Waals surface area contributed by atoms with E-state index in [1.165, 1.54) is 37.3 Å². The molecule has 0 aliphatic carbocycles. The van der Waals surface area contributed by atoms with Crippen molar-refractivity contribution in [2.75, 3.05) is 37.2 Å². The van der Waals surface area contributed by atoms with Crippen molar-refractivity contribution in [3.05, 3.63) is 53.9 Å². The lowest BCUT2D eigenvalue weighted by molar-refractivity contribution is -0.143. The highest BCUT2D eigenvalue weighted by molar-refractivity contribution is 8.76. The zero-order valence-corrected chi connectivity index (χ0v) is 29.7. The van der Waals surface area contributed by atoms with Gasteiger partial charge in [-0.25, -0.2) is 14.3 Å². The van der Waals surface area contributed by atoms with Crippen LogP contribution in [0.5, 0.6) is 0 Å². The standard InChI is InChI=1S/C27H33N5O8S6/c1-39-25(36)21(13-44-32-20(12-42)27(38)43)29-23(34)18-9-28-19(8-17(18)15-6-4-3-5-7-15)24(35)30-22(26(37)40-2)14-45-46-31-16(10-33)11-41/h3-10,16,20-22,31-32,41-42H,11-14H2,1-2H3,(H,29,34)(H,30,35)(H,38,43)/t16-,20+,21?,22?/m1/s1. The number of hydrogen-bond acceptors (Lipinski definition) is 16. The van der Waals surface area contributed by atoms with Gasteiger partial charge in [0.2, 0.25) is 5.12 Å². The summed E-state index contributed by atoms with van der Waals surface area (Å²) in [6.07, 6.45) is 1.90. The molecule has 0 saturated heterocycles. The molecular formula is C27H33N5O8S6. The van der Waals surface area contributed by atoms with Crippen LogP contribution in [-0.2, 0) is 28.7 Å². The van der Waals surface area contributed by atoms with Crippen LogP contribution in [0.1, 0.15) is 20.8 Å². The summed E-state index contributed by atoms with van der Waals surface area (Å²) in [7, 11) is 4.67. The van der Waals surface area contributed by atoms with Gasteiger partial charge in [-0.3, -0.25) is 24.1 Å². The molecule has 0 aliphatic heterocycles. The fourth-order valence-corrected chi connectivity index (χ4v) is 7.29. The maximum Gasteiger partial charge on any atom is 0.329 e. The van der Waals surface area contributed by atoms with E-state index in [4.69, 9.17) is 9.47 Å². The predicted molar refractivity (Wildman–Crippen MR) is 190 cm³/mol. The summed E-state index contributed by atoms with van der Waals surface area (Å²) in [6.45, 7) is 0. The minimum atomic E-state index is -1.11. The molecule has 1 heterocycles. The molecule has 250 valence electrons. The molecule has 0 aliphatic rings. The number of carbonyl (C=O) groups is 6. The Morgan fingerprint density at radius 1 is 0.891 bits per heavy atom. The molecule has 46 heavy (non-hydrogen) atoms. The highest BCUT2D eigenvalue weighted by Gasteiger charge is 2.27. The zero-order valence-electron chi connectivity index (χ0n) is 24.5. The number of esters is 2. The Kier molecular flexibility index (Phi) is 18.6. The lowest BCUT2D eigenvalue weighted by Crippen LogP contribution is -2.45. The molecule has 13 nitrogen and oxygen atoms in total. The van der Waals surface area contributed by atoms with Crippen molar-refractivity contribution in [2.45, 2.75) is 24.2 Å². The van der Waals surface area contributed by atoms with Gasteiger partial charge in [-0.1, -0.05) is 53.1 Å². The molecule has 0 spiro atoms. The maximum absolute atomic E-state index is 13.5. The van der Waals surface area contributed by atoms with Crippen LogP contribution in [0, 0.1) is 0 Å². The molecule has 0 saturated carbocycles. The summed E-state index contributed by atoms with van der Waals surface area (Å²) >= 11 is 13.0. The minimum Gasteiger partial charge on any atom is -0.467 e. The highest BCUT2D eigenvalue weighted by Crippen LogP contribution is 2.25. The third-order valence-electron chi connectivity index (χ3n) is 5.86. The van der Waals surface area contributed by atoms with E-state index < -0.39 is 53.0 Å². The Balaban J connectivity index is 2.29. The first-order chi connectivity index (χ1) is 22.1. The maximum atomic E-state index is 13.5. The van der Waals surface area contributed by atoms with Crippen LogP contribution >= 0.6 is 71.6 Å². The van der Waals surface area contributed by atoms with Gasteiger partial charge >= 0.3 is 11.9 Å². The van der Waals surface area contributed by atoms with E-state index in [-0.39, 0.29) is 34.3 Å². The van der Waals surface area contributed by atoms with Crippen molar-refractivity contribution in [1.29, 1.82) is 0 Å². The fraction of sp³-hybridized carbons (Fsp3) is 0.370. The topological polar surface area (TPSA) is 182 Å². The number of aromatic nitrogens is 1. The Labute approximate surface area is 294 Å². The molecule has 0 radical (unpaired) electrons. The van der Waals surface area contributed by atoms with Crippen LogP contribution in [-0.4, -0.2) is 102 Å². The SMILES string of the molecule is COC(=O)C(CSSN[C@H](C=O)CS)NC(=O)c1cc(-c2ccccc2)c(C(=O)NC(CSN[C@@H](CS)C(=O)S)C(=O)OC)cn1. The van der Waals surface area contributed by atoms with Gasteiger partial charge in [-0.2, -0.15) is 25.3 Å². The van der Waals surface area contributed by atoms with Crippen molar-refractivity contribution in [1.82, 2.24) is 25.1 Å². The molecule has 4 atom stereocenters. The second kappa shape index (κ2) is 21.5. The normalized spacial score (nSPS) is 13.4. The molecule has 2 amide bonds. The predicted octanol–water partition coefficient (Wildman–Crippen LogP) is 1.67. The molecule has 0 fully saturated rings. The second-order valence-electron chi connectivity index (χ2n) is 8.99.